The number of benzene rings is 1. The number of amides is 2. The van der Waals surface area contributed by atoms with Gasteiger partial charge < -0.3 is 15.7 Å². The Bertz CT molecular complexity index is 1000. The Morgan fingerprint density at radius 2 is 2.04 bits per heavy atom. The minimum Gasteiger partial charge on any atom is -0.504 e. The molecule has 2 amide bonds. The summed E-state index contributed by atoms with van der Waals surface area (Å²) in [6.45, 7) is 0.114. The van der Waals surface area contributed by atoms with E-state index in [1.54, 1.807) is 12.1 Å². The zero-order chi connectivity index (χ0) is 17.4. The van der Waals surface area contributed by atoms with Gasteiger partial charge in [0.05, 0.1) is 5.92 Å². The van der Waals surface area contributed by atoms with Crippen molar-refractivity contribution >= 4 is 28.4 Å². The largest absolute Gasteiger partial charge is 0.504 e. The van der Waals surface area contributed by atoms with Crippen LogP contribution in [0.3, 0.4) is 0 Å². The van der Waals surface area contributed by atoms with Gasteiger partial charge in [-0.05, 0) is 23.8 Å². The van der Waals surface area contributed by atoms with Gasteiger partial charge in [0, 0.05) is 30.0 Å². The maximum Gasteiger partial charge on any atom is 0.273 e. The SMILES string of the molecule is O=C(NCC1C(=O)Nc2ccccc21)c1ncc2cccnc2c1O. The molecule has 1 atom stereocenters. The first-order valence-electron chi connectivity index (χ1n) is 7.76. The summed E-state index contributed by atoms with van der Waals surface area (Å²) in [7, 11) is 0. The smallest absolute Gasteiger partial charge is 0.273 e. The summed E-state index contributed by atoms with van der Waals surface area (Å²) in [4.78, 5) is 32.6. The van der Waals surface area contributed by atoms with Crippen LogP contribution in [0, 0.1) is 0 Å². The van der Waals surface area contributed by atoms with Gasteiger partial charge >= 0.3 is 0 Å². The van der Waals surface area contributed by atoms with Gasteiger partial charge in [-0.2, -0.15) is 0 Å². The second-order valence-electron chi connectivity index (χ2n) is 5.74. The van der Waals surface area contributed by atoms with Crippen LogP contribution in [0.15, 0.2) is 48.8 Å². The van der Waals surface area contributed by atoms with Crippen LogP contribution in [-0.4, -0.2) is 33.4 Å². The third-order valence-electron chi connectivity index (χ3n) is 4.21. The average molecular weight is 334 g/mol. The van der Waals surface area contributed by atoms with Gasteiger partial charge in [-0.25, -0.2) is 4.98 Å². The Kier molecular flexibility index (Phi) is 3.53. The van der Waals surface area contributed by atoms with Crippen LogP contribution in [0.2, 0.25) is 0 Å². The molecule has 7 heteroatoms. The number of fused-ring (bicyclic) bond motifs is 2. The molecule has 1 unspecified atom stereocenters. The first kappa shape index (κ1) is 15.1. The molecule has 0 saturated heterocycles. The van der Waals surface area contributed by atoms with Crippen LogP contribution < -0.4 is 10.6 Å². The molecule has 1 aliphatic heterocycles. The quantitative estimate of drug-likeness (QED) is 0.677. The van der Waals surface area contributed by atoms with Crippen molar-refractivity contribution in [2.45, 2.75) is 5.92 Å². The van der Waals surface area contributed by atoms with Crippen molar-refractivity contribution in [1.29, 1.82) is 0 Å². The van der Waals surface area contributed by atoms with E-state index in [2.05, 4.69) is 20.6 Å². The van der Waals surface area contributed by atoms with Gasteiger partial charge in [-0.1, -0.05) is 18.2 Å². The van der Waals surface area contributed by atoms with Crippen LogP contribution in [-0.2, 0) is 4.79 Å². The molecule has 3 heterocycles. The molecule has 2 aromatic heterocycles. The lowest BCUT2D eigenvalue weighted by atomic mass is 10.0. The van der Waals surface area contributed by atoms with E-state index in [0.717, 1.165) is 11.3 Å². The van der Waals surface area contributed by atoms with Crippen molar-refractivity contribution in [3.8, 4) is 5.75 Å². The van der Waals surface area contributed by atoms with E-state index in [1.165, 1.54) is 12.4 Å². The van der Waals surface area contributed by atoms with Crippen molar-refractivity contribution < 1.29 is 14.7 Å². The lowest BCUT2D eigenvalue weighted by molar-refractivity contribution is -0.116. The molecule has 0 saturated carbocycles. The third-order valence-corrected chi connectivity index (χ3v) is 4.21. The minimum absolute atomic E-state index is 0.113. The van der Waals surface area contributed by atoms with Gasteiger partial charge in [0.25, 0.3) is 5.91 Å². The standard InChI is InChI=1S/C18H14N4O3/c23-16-14-10(4-3-7-19-14)8-20-15(16)18(25)21-9-12-11-5-1-2-6-13(11)22-17(12)24/h1-8,12,23H,9H2,(H,21,25)(H,22,24). The first-order chi connectivity index (χ1) is 12.1. The molecule has 0 bridgehead atoms. The zero-order valence-corrected chi connectivity index (χ0v) is 13.1. The van der Waals surface area contributed by atoms with Crippen LogP contribution in [0.4, 0.5) is 5.69 Å². The van der Waals surface area contributed by atoms with Crippen molar-refractivity contribution in [2.24, 2.45) is 0 Å². The van der Waals surface area contributed by atoms with Crippen molar-refractivity contribution in [2.75, 3.05) is 11.9 Å². The number of pyridine rings is 2. The zero-order valence-electron chi connectivity index (χ0n) is 13.1. The Balaban J connectivity index is 1.55. The number of para-hydroxylation sites is 1. The van der Waals surface area contributed by atoms with Crippen LogP contribution in [0.25, 0.3) is 10.9 Å². The highest BCUT2D eigenvalue weighted by molar-refractivity contribution is 6.04. The maximum absolute atomic E-state index is 12.4. The van der Waals surface area contributed by atoms with E-state index in [9.17, 15) is 14.7 Å². The second kappa shape index (κ2) is 5.86. The Morgan fingerprint density at radius 1 is 1.20 bits per heavy atom. The summed E-state index contributed by atoms with van der Waals surface area (Å²) in [5, 5.41) is 16.3. The van der Waals surface area contributed by atoms with E-state index in [4.69, 9.17) is 0 Å². The highest BCUT2D eigenvalue weighted by Gasteiger charge is 2.30. The predicted molar refractivity (Wildman–Crippen MR) is 91.3 cm³/mol. The molecule has 3 aromatic rings. The third kappa shape index (κ3) is 2.55. The summed E-state index contributed by atoms with van der Waals surface area (Å²) in [5.41, 5.74) is 1.79. The number of nitrogens with one attached hydrogen (secondary N) is 2. The molecule has 124 valence electrons. The normalized spacial score (nSPS) is 15.7. The second-order valence-corrected chi connectivity index (χ2v) is 5.74. The fourth-order valence-electron chi connectivity index (χ4n) is 2.95. The molecule has 3 N–H and O–H groups in total. The fourth-order valence-corrected chi connectivity index (χ4v) is 2.95. The monoisotopic (exact) mass is 334 g/mol. The molecular formula is C18H14N4O3. The maximum atomic E-state index is 12.4. The molecule has 7 nitrogen and oxygen atoms in total. The highest BCUT2D eigenvalue weighted by Crippen LogP contribution is 2.31. The number of hydrogen-bond acceptors (Lipinski definition) is 5. The molecule has 0 aliphatic carbocycles. The molecule has 0 fully saturated rings. The predicted octanol–water partition coefficient (Wildman–Crippen LogP) is 1.80. The van der Waals surface area contributed by atoms with Crippen LogP contribution in [0.1, 0.15) is 22.0 Å². The molecule has 0 spiro atoms. The van der Waals surface area contributed by atoms with Crippen molar-refractivity contribution in [1.82, 2.24) is 15.3 Å². The number of anilines is 1. The lowest BCUT2D eigenvalue weighted by Gasteiger charge is -2.11. The van der Waals surface area contributed by atoms with Crippen LogP contribution >= 0.6 is 0 Å². The van der Waals surface area contributed by atoms with Gasteiger partial charge in [-0.3, -0.25) is 14.6 Å². The summed E-state index contributed by atoms with van der Waals surface area (Å²) in [5.74, 6) is -1.46. The van der Waals surface area contributed by atoms with E-state index >= 15 is 0 Å². The summed E-state index contributed by atoms with van der Waals surface area (Å²) >= 11 is 0. The topological polar surface area (TPSA) is 104 Å². The van der Waals surface area contributed by atoms with Crippen LogP contribution in [0.5, 0.6) is 5.75 Å². The molecule has 4 rings (SSSR count). The van der Waals surface area contributed by atoms with Crippen molar-refractivity contribution in [3.05, 3.63) is 60.0 Å². The van der Waals surface area contributed by atoms with E-state index in [-0.39, 0.29) is 23.9 Å². The minimum atomic E-state index is -0.553. The lowest BCUT2D eigenvalue weighted by Crippen LogP contribution is -2.31. The average Bonchev–Trinajstić information content (AvgIpc) is 2.95. The number of rotatable bonds is 3. The van der Waals surface area contributed by atoms with Gasteiger partial charge in [0.15, 0.2) is 11.4 Å². The van der Waals surface area contributed by atoms with Gasteiger partial charge in [0.1, 0.15) is 5.52 Å². The van der Waals surface area contributed by atoms with E-state index in [0.29, 0.717) is 10.9 Å². The van der Waals surface area contributed by atoms with E-state index < -0.39 is 11.8 Å². The Hall–Kier alpha value is -3.48. The number of carbonyl (C=O) groups excluding carboxylic acids is 2. The summed E-state index contributed by atoms with van der Waals surface area (Å²) < 4.78 is 0. The highest BCUT2D eigenvalue weighted by atomic mass is 16.3. The molecule has 1 aliphatic rings. The molecule has 25 heavy (non-hydrogen) atoms. The van der Waals surface area contributed by atoms with Crippen molar-refractivity contribution in [3.63, 3.8) is 0 Å². The summed E-state index contributed by atoms with van der Waals surface area (Å²) in [6, 6.07) is 10.8. The number of aromatic hydroxyl groups is 1. The Labute approximate surface area is 142 Å². The number of hydrogen-bond donors (Lipinski definition) is 3. The Morgan fingerprint density at radius 3 is 2.92 bits per heavy atom. The number of carbonyl (C=O) groups is 2. The molecular weight excluding hydrogens is 320 g/mol. The molecule has 0 radical (unpaired) electrons. The number of nitrogens with zero attached hydrogens (tertiary/aromatic N) is 2. The van der Waals surface area contributed by atoms with Gasteiger partial charge in [0.2, 0.25) is 5.91 Å². The van der Waals surface area contributed by atoms with E-state index in [1.807, 2.05) is 24.3 Å². The first-order valence-corrected chi connectivity index (χ1v) is 7.76. The molecule has 1 aromatic carbocycles. The summed E-state index contributed by atoms with van der Waals surface area (Å²) in [6.07, 6.45) is 3.01. The van der Waals surface area contributed by atoms with Gasteiger partial charge in [-0.15, -0.1) is 0 Å². The fraction of sp³-hybridized carbons (Fsp3) is 0.111. The number of aromatic nitrogens is 2.